The minimum absolute atomic E-state index is 0.457. The zero-order valence-corrected chi connectivity index (χ0v) is 12.7. The summed E-state index contributed by atoms with van der Waals surface area (Å²) in [5, 5.41) is 8.73. The van der Waals surface area contributed by atoms with E-state index >= 15 is 0 Å². The number of methoxy groups -OCH3 is 1. The van der Waals surface area contributed by atoms with Gasteiger partial charge in [-0.2, -0.15) is 5.26 Å². The van der Waals surface area contributed by atoms with Crippen LogP contribution in [0.3, 0.4) is 0 Å². The van der Waals surface area contributed by atoms with Gasteiger partial charge in [-0.05, 0) is 17.7 Å². The number of benzene rings is 1. The van der Waals surface area contributed by atoms with Crippen molar-refractivity contribution in [2.75, 3.05) is 31.7 Å². The Morgan fingerprint density at radius 1 is 1.44 bits per heavy atom. The largest absolute Gasteiger partial charge is 0.383 e. The molecule has 0 fully saturated rings. The second-order valence-corrected chi connectivity index (χ2v) is 4.98. The molecule has 0 aliphatic rings. The van der Waals surface area contributed by atoms with Crippen LogP contribution in [0.4, 0.5) is 5.69 Å². The summed E-state index contributed by atoms with van der Waals surface area (Å²) in [7, 11) is 1.67. The number of ether oxygens (including phenoxy) is 1. The number of hydrogen-bond donors (Lipinski definition) is 0. The second kappa shape index (κ2) is 8.36. The maximum Gasteiger partial charge on any atom is 0.0640 e. The lowest BCUT2D eigenvalue weighted by atomic mass is 10.1. The predicted molar refractivity (Wildman–Crippen MR) is 78.0 cm³/mol. The first-order valence-electron chi connectivity index (χ1n) is 5.68. The van der Waals surface area contributed by atoms with Gasteiger partial charge < -0.3 is 9.64 Å². The van der Waals surface area contributed by atoms with Crippen LogP contribution in [0.1, 0.15) is 12.0 Å². The molecule has 0 saturated carbocycles. The Hall–Kier alpha value is -0.760. The van der Waals surface area contributed by atoms with Crippen LogP contribution in [0.25, 0.3) is 0 Å². The van der Waals surface area contributed by atoms with Gasteiger partial charge in [0.25, 0.3) is 0 Å². The van der Waals surface area contributed by atoms with Crippen LogP contribution in [0.2, 0.25) is 0 Å². The van der Waals surface area contributed by atoms with E-state index in [4.69, 9.17) is 21.6 Å². The summed E-state index contributed by atoms with van der Waals surface area (Å²) in [5.74, 6) is 0.457. The van der Waals surface area contributed by atoms with Gasteiger partial charge in [0.1, 0.15) is 0 Å². The van der Waals surface area contributed by atoms with Crippen LogP contribution in [0.15, 0.2) is 22.7 Å². The first kappa shape index (κ1) is 15.3. The minimum atomic E-state index is 0.457. The summed E-state index contributed by atoms with van der Waals surface area (Å²) in [5.41, 5.74) is 2.13. The lowest BCUT2D eigenvalue weighted by Crippen LogP contribution is -2.29. The summed E-state index contributed by atoms with van der Waals surface area (Å²) in [6, 6.07) is 8.17. The molecule has 0 amide bonds. The molecule has 0 aliphatic heterocycles. The van der Waals surface area contributed by atoms with Gasteiger partial charge in [-0.25, -0.2) is 0 Å². The number of nitriles is 1. The molecule has 5 heteroatoms. The average molecular weight is 332 g/mol. The van der Waals surface area contributed by atoms with E-state index in [1.54, 1.807) is 7.11 Å². The smallest absolute Gasteiger partial charge is 0.0640 e. The van der Waals surface area contributed by atoms with E-state index in [9.17, 15) is 0 Å². The van der Waals surface area contributed by atoms with Crippen LogP contribution in [0.5, 0.6) is 0 Å². The predicted octanol–water partition coefficient (Wildman–Crippen LogP) is 3.55. The molecule has 0 bridgehead atoms. The first-order chi connectivity index (χ1) is 8.72. The van der Waals surface area contributed by atoms with E-state index in [0.717, 1.165) is 22.3 Å². The zero-order valence-electron chi connectivity index (χ0n) is 10.3. The Morgan fingerprint density at radius 2 is 2.22 bits per heavy atom. The van der Waals surface area contributed by atoms with Crippen LogP contribution in [-0.4, -0.2) is 26.8 Å². The van der Waals surface area contributed by atoms with Crippen molar-refractivity contribution >= 4 is 33.2 Å². The van der Waals surface area contributed by atoms with E-state index in [0.29, 0.717) is 25.5 Å². The van der Waals surface area contributed by atoms with Gasteiger partial charge >= 0.3 is 0 Å². The Labute approximate surface area is 121 Å². The number of rotatable bonds is 7. The maximum absolute atomic E-state index is 8.73. The molecular formula is C13H16BrClN2O. The molecule has 0 unspecified atom stereocenters. The molecule has 0 atom stereocenters. The Bertz CT molecular complexity index is 420. The van der Waals surface area contributed by atoms with Crippen molar-refractivity contribution in [1.29, 1.82) is 5.26 Å². The van der Waals surface area contributed by atoms with Crippen molar-refractivity contribution in [3.05, 3.63) is 28.2 Å². The lowest BCUT2D eigenvalue weighted by Gasteiger charge is -2.26. The number of hydrogen-bond acceptors (Lipinski definition) is 3. The minimum Gasteiger partial charge on any atom is -0.383 e. The standard InChI is InChI=1S/C13H16BrClN2O/c1-18-8-7-17(6-2-5-16)13-9-12(14)4-3-11(13)10-15/h3-4,9H,2,6-8,10H2,1H3. The molecule has 0 saturated heterocycles. The molecule has 0 N–H and O–H groups in total. The molecule has 0 aliphatic carbocycles. The Balaban J connectivity index is 2.94. The van der Waals surface area contributed by atoms with Gasteiger partial charge in [-0.3, -0.25) is 0 Å². The summed E-state index contributed by atoms with van der Waals surface area (Å²) in [6.45, 7) is 2.05. The number of halogens is 2. The highest BCUT2D eigenvalue weighted by Crippen LogP contribution is 2.26. The van der Waals surface area contributed by atoms with Gasteiger partial charge in [-0.1, -0.05) is 22.0 Å². The van der Waals surface area contributed by atoms with Gasteiger partial charge in [0.2, 0.25) is 0 Å². The molecule has 18 heavy (non-hydrogen) atoms. The van der Waals surface area contributed by atoms with Crippen molar-refractivity contribution in [2.24, 2.45) is 0 Å². The van der Waals surface area contributed by atoms with Crippen LogP contribution < -0.4 is 4.90 Å². The van der Waals surface area contributed by atoms with E-state index in [2.05, 4.69) is 26.9 Å². The number of alkyl halides is 1. The third-order valence-corrected chi connectivity index (χ3v) is 3.37. The maximum atomic E-state index is 8.73. The van der Waals surface area contributed by atoms with Crippen LogP contribution in [-0.2, 0) is 10.6 Å². The summed E-state index contributed by atoms with van der Waals surface area (Å²) in [4.78, 5) is 2.13. The fourth-order valence-corrected chi connectivity index (χ4v) is 2.26. The third kappa shape index (κ3) is 4.49. The van der Waals surface area contributed by atoms with Crippen molar-refractivity contribution in [3.63, 3.8) is 0 Å². The first-order valence-corrected chi connectivity index (χ1v) is 7.01. The van der Waals surface area contributed by atoms with E-state index in [1.165, 1.54) is 0 Å². The lowest BCUT2D eigenvalue weighted by molar-refractivity contribution is 0.205. The average Bonchev–Trinajstić information content (AvgIpc) is 2.39. The SMILES string of the molecule is COCCN(CCC#N)c1cc(Br)ccc1CCl. The molecule has 1 aromatic carbocycles. The van der Waals surface area contributed by atoms with E-state index in [1.807, 2.05) is 18.2 Å². The highest BCUT2D eigenvalue weighted by Gasteiger charge is 2.11. The molecule has 0 radical (unpaired) electrons. The van der Waals surface area contributed by atoms with Crippen molar-refractivity contribution < 1.29 is 4.74 Å². The zero-order chi connectivity index (χ0) is 13.4. The highest BCUT2D eigenvalue weighted by molar-refractivity contribution is 9.10. The van der Waals surface area contributed by atoms with Crippen molar-refractivity contribution in [3.8, 4) is 6.07 Å². The highest BCUT2D eigenvalue weighted by atomic mass is 79.9. The van der Waals surface area contributed by atoms with E-state index in [-0.39, 0.29) is 0 Å². The molecule has 0 spiro atoms. The molecule has 1 rings (SSSR count). The van der Waals surface area contributed by atoms with Gasteiger partial charge in [0, 0.05) is 36.2 Å². The van der Waals surface area contributed by atoms with Crippen LogP contribution >= 0.6 is 27.5 Å². The Kier molecular flexibility index (Phi) is 7.11. The summed E-state index contributed by atoms with van der Waals surface area (Å²) >= 11 is 9.42. The van der Waals surface area contributed by atoms with Gasteiger partial charge in [-0.15, -0.1) is 11.6 Å². The van der Waals surface area contributed by atoms with Crippen molar-refractivity contribution in [2.45, 2.75) is 12.3 Å². The molecule has 0 aromatic heterocycles. The third-order valence-electron chi connectivity index (χ3n) is 2.59. The molecular weight excluding hydrogens is 316 g/mol. The second-order valence-electron chi connectivity index (χ2n) is 3.79. The van der Waals surface area contributed by atoms with Gasteiger partial charge in [0.05, 0.1) is 19.1 Å². The number of nitrogens with zero attached hydrogens (tertiary/aromatic N) is 2. The van der Waals surface area contributed by atoms with Crippen LogP contribution in [0, 0.1) is 11.3 Å². The fraction of sp³-hybridized carbons (Fsp3) is 0.462. The van der Waals surface area contributed by atoms with E-state index < -0.39 is 0 Å². The fourth-order valence-electron chi connectivity index (χ4n) is 1.68. The molecule has 1 aromatic rings. The Morgan fingerprint density at radius 3 is 2.83 bits per heavy atom. The normalized spacial score (nSPS) is 10.1. The summed E-state index contributed by atoms with van der Waals surface area (Å²) < 4.78 is 6.11. The van der Waals surface area contributed by atoms with Crippen molar-refractivity contribution in [1.82, 2.24) is 0 Å². The molecule has 0 heterocycles. The number of anilines is 1. The monoisotopic (exact) mass is 330 g/mol. The topological polar surface area (TPSA) is 36.3 Å². The molecule has 3 nitrogen and oxygen atoms in total. The summed E-state index contributed by atoms with van der Waals surface area (Å²) in [6.07, 6.45) is 0.484. The quantitative estimate of drug-likeness (QED) is 0.717. The van der Waals surface area contributed by atoms with Gasteiger partial charge in [0.15, 0.2) is 0 Å². The molecule has 98 valence electrons.